The van der Waals surface area contributed by atoms with Crippen LogP contribution in [0.15, 0.2) is 47.4 Å². The van der Waals surface area contributed by atoms with Gasteiger partial charge in [-0.25, -0.2) is 0 Å². The average molecular weight is 286 g/mol. The van der Waals surface area contributed by atoms with Crippen molar-refractivity contribution in [2.45, 2.75) is 13.0 Å². The van der Waals surface area contributed by atoms with E-state index in [1.807, 2.05) is 0 Å². The van der Waals surface area contributed by atoms with E-state index in [2.05, 4.69) is 10.3 Å². The van der Waals surface area contributed by atoms with E-state index >= 15 is 0 Å². The van der Waals surface area contributed by atoms with Crippen LogP contribution >= 0.6 is 0 Å². The molecule has 0 spiro atoms. The molecule has 1 aromatic carbocycles. The molecule has 0 aliphatic carbocycles. The zero-order valence-electron chi connectivity index (χ0n) is 11.1. The number of carboxylic acids is 1. The molecular weight excluding hydrogens is 272 g/mol. The first-order chi connectivity index (χ1) is 10.1. The van der Waals surface area contributed by atoms with E-state index in [4.69, 9.17) is 5.11 Å². The lowest BCUT2D eigenvalue weighted by Gasteiger charge is -2.09. The van der Waals surface area contributed by atoms with Crippen LogP contribution in [-0.4, -0.2) is 22.0 Å². The van der Waals surface area contributed by atoms with Gasteiger partial charge in [-0.2, -0.15) is 0 Å². The van der Waals surface area contributed by atoms with Crippen molar-refractivity contribution in [1.82, 2.24) is 10.3 Å². The molecule has 1 aromatic heterocycles. The standard InChI is InChI=1S/C15H14N2O4/c18-13-7-11(5-6-16-13)15(21)17-9-12-4-2-1-3-10(12)8-14(19)20/h1-7H,8-9H2,(H,16,18)(H,17,21)(H,19,20). The van der Waals surface area contributed by atoms with Crippen LogP contribution in [0, 0.1) is 0 Å². The van der Waals surface area contributed by atoms with Crippen LogP contribution in [0.4, 0.5) is 0 Å². The van der Waals surface area contributed by atoms with Crippen molar-refractivity contribution < 1.29 is 14.7 Å². The fourth-order valence-corrected chi connectivity index (χ4v) is 1.93. The zero-order chi connectivity index (χ0) is 15.2. The summed E-state index contributed by atoms with van der Waals surface area (Å²) in [6.07, 6.45) is 1.30. The molecule has 0 unspecified atom stereocenters. The number of aromatic amines is 1. The van der Waals surface area contributed by atoms with E-state index < -0.39 is 5.97 Å². The molecule has 0 aliphatic heterocycles. The third-order valence-electron chi connectivity index (χ3n) is 2.94. The van der Waals surface area contributed by atoms with Gasteiger partial charge in [-0.3, -0.25) is 14.4 Å². The number of hydrogen-bond donors (Lipinski definition) is 3. The molecule has 2 rings (SSSR count). The van der Waals surface area contributed by atoms with Crippen LogP contribution in [0.3, 0.4) is 0 Å². The first-order valence-corrected chi connectivity index (χ1v) is 6.32. The van der Waals surface area contributed by atoms with Gasteiger partial charge in [0.15, 0.2) is 0 Å². The van der Waals surface area contributed by atoms with Gasteiger partial charge in [-0.15, -0.1) is 0 Å². The minimum atomic E-state index is -0.927. The first-order valence-electron chi connectivity index (χ1n) is 6.32. The van der Waals surface area contributed by atoms with Crippen molar-refractivity contribution in [1.29, 1.82) is 0 Å². The predicted molar refractivity (Wildman–Crippen MR) is 76.0 cm³/mol. The lowest BCUT2D eigenvalue weighted by Crippen LogP contribution is -2.25. The molecule has 0 bridgehead atoms. The minimum Gasteiger partial charge on any atom is -0.481 e. The molecule has 21 heavy (non-hydrogen) atoms. The molecule has 3 N–H and O–H groups in total. The maximum absolute atomic E-state index is 11.9. The summed E-state index contributed by atoms with van der Waals surface area (Å²) in [5.74, 6) is -1.31. The second-order valence-electron chi connectivity index (χ2n) is 4.46. The van der Waals surface area contributed by atoms with Crippen LogP contribution in [0.5, 0.6) is 0 Å². The molecule has 6 nitrogen and oxygen atoms in total. The van der Waals surface area contributed by atoms with Crippen molar-refractivity contribution in [3.05, 3.63) is 69.6 Å². The molecule has 0 aliphatic rings. The van der Waals surface area contributed by atoms with Crippen LogP contribution in [0.1, 0.15) is 21.5 Å². The Kier molecular flexibility index (Phi) is 4.50. The van der Waals surface area contributed by atoms with E-state index in [0.717, 1.165) is 5.56 Å². The van der Waals surface area contributed by atoms with Crippen molar-refractivity contribution >= 4 is 11.9 Å². The predicted octanol–water partition coefficient (Wildman–Crippen LogP) is 0.932. The number of carboxylic acid groups (broad SMARTS) is 1. The van der Waals surface area contributed by atoms with Crippen LogP contribution in [0.25, 0.3) is 0 Å². The molecular formula is C15H14N2O4. The average Bonchev–Trinajstić information content (AvgIpc) is 2.45. The highest BCUT2D eigenvalue weighted by molar-refractivity contribution is 5.93. The molecule has 6 heteroatoms. The van der Waals surface area contributed by atoms with Crippen LogP contribution in [0.2, 0.25) is 0 Å². The van der Waals surface area contributed by atoms with Crippen molar-refractivity contribution in [2.75, 3.05) is 0 Å². The molecule has 1 amide bonds. The highest BCUT2D eigenvalue weighted by atomic mass is 16.4. The summed E-state index contributed by atoms with van der Waals surface area (Å²) in [6, 6.07) is 9.71. The second-order valence-corrected chi connectivity index (χ2v) is 4.46. The summed E-state index contributed by atoms with van der Waals surface area (Å²) >= 11 is 0. The number of nitrogens with one attached hydrogen (secondary N) is 2. The number of aromatic nitrogens is 1. The normalized spacial score (nSPS) is 10.1. The first kappa shape index (κ1) is 14.5. The molecule has 2 aromatic rings. The summed E-state index contributed by atoms with van der Waals surface area (Å²) in [7, 11) is 0. The summed E-state index contributed by atoms with van der Waals surface area (Å²) in [6.45, 7) is 0.203. The Morgan fingerprint density at radius 1 is 1.14 bits per heavy atom. The Bertz CT molecular complexity index is 721. The smallest absolute Gasteiger partial charge is 0.307 e. The van der Waals surface area contributed by atoms with E-state index in [9.17, 15) is 14.4 Å². The van der Waals surface area contributed by atoms with Crippen LogP contribution in [-0.2, 0) is 17.8 Å². The minimum absolute atomic E-state index is 0.100. The molecule has 0 saturated carbocycles. The molecule has 1 heterocycles. The van der Waals surface area contributed by atoms with Gasteiger partial charge in [0.25, 0.3) is 5.91 Å². The van der Waals surface area contributed by atoms with Gasteiger partial charge in [-0.1, -0.05) is 24.3 Å². The lowest BCUT2D eigenvalue weighted by molar-refractivity contribution is -0.136. The van der Waals surface area contributed by atoms with Crippen molar-refractivity contribution in [2.24, 2.45) is 0 Å². The monoisotopic (exact) mass is 286 g/mol. The Morgan fingerprint density at radius 2 is 1.86 bits per heavy atom. The third-order valence-corrected chi connectivity index (χ3v) is 2.94. The Morgan fingerprint density at radius 3 is 2.52 bits per heavy atom. The number of benzene rings is 1. The van der Waals surface area contributed by atoms with E-state index in [0.29, 0.717) is 5.56 Å². The van der Waals surface area contributed by atoms with E-state index in [1.54, 1.807) is 24.3 Å². The Balaban J connectivity index is 2.08. The van der Waals surface area contributed by atoms with Gasteiger partial charge in [0, 0.05) is 24.4 Å². The SMILES string of the molecule is O=C(O)Cc1ccccc1CNC(=O)c1cc[nH]c(=O)c1. The van der Waals surface area contributed by atoms with Crippen molar-refractivity contribution in [3.8, 4) is 0 Å². The van der Waals surface area contributed by atoms with Crippen molar-refractivity contribution in [3.63, 3.8) is 0 Å². The summed E-state index contributed by atoms with van der Waals surface area (Å²) < 4.78 is 0. The van der Waals surface area contributed by atoms with Gasteiger partial charge in [0.2, 0.25) is 5.56 Å². The maximum atomic E-state index is 11.9. The zero-order valence-corrected chi connectivity index (χ0v) is 11.1. The third kappa shape index (κ3) is 4.04. The number of aliphatic carboxylic acids is 1. The van der Waals surface area contributed by atoms with Gasteiger partial charge in [-0.05, 0) is 17.2 Å². The van der Waals surface area contributed by atoms with Gasteiger partial charge in [0.05, 0.1) is 6.42 Å². The molecule has 0 saturated heterocycles. The number of pyridine rings is 1. The molecule has 0 radical (unpaired) electrons. The maximum Gasteiger partial charge on any atom is 0.307 e. The quantitative estimate of drug-likeness (QED) is 0.761. The summed E-state index contributed by atoms with van der Waals surface area (Å²) in [4.78, 5) is 36.3. The second kappa shape index (κ2) is 6.51. The van der Waals surface area contributed by atoms with Gasteiger partial charge >= 0.3 is 5.97 Å². The molecule has 108 valence electrons. The molecule has 0 fully saturated rings. The fraction of sp³-hybridized carbons (Fsp3) is 0.133. The Hall–Kier alpha value is -2.89. The Labute approximate surface area is 120 Å². The van der Waals surface area contributed by atoms with Crippen LogP contribution < -0.4 is 10.9 Å². The van der Waals surface area contributed by atoms with Gasteiger partial charge in [0.1, 0.15) is 0 Å². The largest absolute Gasteiger partial charge is 0.481 e. The number of carbonyl (C=O) groups excluding carboxylic acids is 1. The summed E-state index contributed by atoms with van der Waals surface area (Å²) in [5, 5.41) is 11.5. The molecule has 0 atom stereocenters. The lowest BCUT2D eigenvalue weighted by atomic mass is 10.0. The topological polar surface area (TPSA) is 99.3 Å². The van der Waals surface area contributed by atoms with E-state index in [-0.39, 0.29) is 30.0 Å². The van der Waals surface area contributed by atoms with E-state index in [1.165, 1.54) is 18.3 Å². The number of amides is 1. The highest BCUT2D eigenvalue weighted by Crippen LogP contribution is 2.09. The number of H-pyrrole nitrogens is 1. The summed E-state index contributed by atoms with van der Waals surface area (Å²) in [5.41, 5.74) is 1.29. The van der Waals surface area contributed by atoms with Gasteiger partial charge < -0.3 is 15.4 Å². The fourth-order valence-electron chi connectivity index (χ4n) is 1.93. The highest BCUT2D eigenvalue weighted by Gasteiger charge is 2.09. The number of hydrogen-bond acceptors (Lipinski definition) is 3. The number of carbonyl (C=O) groups is 2. The number of rotatable bonds is 5.